The summed E-state index contributed by atoms with van der Waals surface area (Å²) in [5.41, 5.74) is 0. The number of rotatable bonds is 0. The standard InChI is InChI=1S/Ca.ClH.2O.Ti/h;1H;;;/q+2;;2*-2;+4/p-1. The average molecular weight is 155 g/mol. The van der Waals surface area contributed by atoms with Crippen molar-refractivity contribution in [2.45, 2.75) is 0 Å². The van der Waals surface area contributed by atoms with Crippen LogP contribution in [0.4, 0.5) is 0 Å². The first-order valence-corrected chi connectivity index (χ1v) is 0. The van der Waals surface area contributed by atoms with Crippen molar-refractivity contribution in [1.29, 1.82) is 0 Å². The Morgan fingerprint density at radius 1 is 0.800 bits per heavy atom. The van der Waals surface area contributed by atoms with Gasteiger partial charge in [0.05, 0.1) is 0 Å². The van der Waals surface area contributed by atoms with Gasteiger partial charge in [-0.15, -0.1) is 0 Å². The van der Waals surface area contributed by atoms with E-state index >= 15 is 0 Å². The summed E-state index contributed by atoms with van der Waals surface area (Å²) in [6.45, 7) is 0. The Balaban J connectivity index is 0. The van der Waals surface area contributed by atoms with Crippen LogP contribution in [0.3, 0.4) is 0 Å². The Labute approximate surface area is 81.6 Å². The van der Waals surface area contributed by atoms with Crippen LogP contribution < -0.4 is 12.4 Å². The van der Waals surface area contributed by atoms with E-state index in [4.69, 9.17) is 0 Å². The molecule has 0 saturated carbocycles. The molecule has 0 N–H and O–H groups in total. The Bertz CT molecular complexity index is 9.61. The van der Waals surface area contributed by atoms with E-state index < -0.39 is 0 Å². The molecule has 0 aliphatic heterocycles. The number of halogens is 1. The maximum absolute atomic E-state index is 0. The van der Waals surface area contributed by atoms with Crippen LogP contribution in [-0.4, -0.2) is 37.7 Å². The molecule has 2 nitrogen and oxygen atoms in total. The fourth-order valence-corrected chi connectivity index (χ4v) is 0. The Kier molecular flexibility index (Phi) is 401. The molecule has 0 aromatic carbocycles. The molecule has 0 bridgehead atoms. The predicted octanol–water partition coefficient (Wildman–Crippen LogP) is -3.62. The van der Waals surface area contributed by atoms with Gasteiger partial charge in [0.15, 0.2) is 0 Å². The summed E-state index contributed by atoms with van der Waals surface area (Å²) in [5.74, 6) is 0. The summed E-state index contributed by atoms with van der Waals surface area (Å²) in [4.78, 5) is 0. The number of hydrogen-bond donors (Lipinski definition) is 0. The van der Waals surface area contributed by atoms with Crippen molar-refractivity contribution in [3.8, 4) is 0 Å². The topological polar surface area (TPSA) is 57.0 Å². The summed E-state index contributed by atoms with van der Waals surface area (Å²) < 4.78 is 0. The van der Waals surface area contributed by atoms with Crippen LogP contribution >= 0.6 is 0 Å². The maximum Gasteiger partial charge on any atom is 4.00 e. The molecular formula is CaClO2Ti+. The van der Waals surface area contributed by atoms with Crippen molar-refractivity contribution in [3.05, 3.63) is 0 Å². The minimum absolute atomic E-state index is 0. The SMILES string of the molecule is [Ca+2].[Cl-].[O-2].[O-2].[Ti+4]. The van der Waals surface area contributed by atoms with Gasteiger partial charge >= 0.3 is 59.5 Å². The third kappa shape index (κ3) is 22.7. The zero-order valence-corrected chi connectivity index (χ0v) is 6.93. The van der Waals surface area contributed by atoms with Crippen LogP contribution in [-0.2, 0) is 32.7 Å². The molecule has 0 atom stereocenters. The van der Waals surface area contributed by atoms with E-state index in [1.54, 1.807) is 0 Å². The van der Waals surface area contributed by atoms with Crippen molar-refractivity contribution >= 4 is 37.7 Å². The second-order valence-corrected chi connectivity index (χ2v) is 0. The van der Waals surface area contributed by atoms with E-state index in [1.165, 1.54) is 0 Å². The molecule has 0 aromatic heterocycles. The van der Waals surface area contributed by atoms with E-state index in [0.29, 0.717) is 0 Å². The molecule has 0 heterocycles. The first-order valence-electron chi connectivity index (χ1n) is 0. The van der Waals surface area contributed by atoms with Gasteiger partial charge in [0.25, 0.3) is 0 Å². The molecule has 0 rings (SSSR count). The number of hydrogen-bond acceptors (Lipinski definition) is 0. The Hall–Kier alpha value is 2.18. The Morgan fingerprint density at radius 3 is 0.800 bits per heavy atom. The molecule has 5 heteroatoms. The quantitative estimate of drug-likeness (QED) is 0.325. The van der Waals surface area contributed by atoms with Crippen LogP contribution in [0.5, 0.6) is 0 Å². The molecule has 0 unspecified atom stereocenters. The van der Waals surface area contributed by atoms with Crippen LogP contribution in [0.2, 0.25) is 0 Å². The summed E-state index contributed by atoms with van der Waals surface area (Å²) >= 11 is 0. The summed E-state index contributed by atoms with van der Waals surface area (Å²) in [7, 11) is 0. The van der Waals surface area contributed by atoms with Gasteiger partial charge in [0.2, 0.25) is 0 Å². The van der Waals surface area contributed by atoms with Crippen LogP contribution in [0.15, 0.2) is 0 Å². The van der Waals surface area contributed by atoms with Gasteiger partial charge in [-0.2, -0.15) is 0 Å². The average Bonchev–Trinajstić information content (AvgIpc) is 0. The van der Waals surface area contributed by atoms with Gasteiger partial charge in [-0.3, -0.25) is 0 Å². The second kappa shape index (κ2) is 34.8. The fraction of sp³-hybridized carbons (Fsp3) is 0. The zero-order valence-electron chi connectivity index (χ0n) is 2.40. The minimum Gasteiger partial charge on any atom is -2.00 e. The van der Waals surface area contributed by atoms with Crippen molar-refractivity contribution in [2.75, 3.05) is 0 Å². The van der Waals surface area contributed by atoms with Crippen molar-refractivity contribution in [1.82, 2.24) is 0 Å². The first-order chi connectivity index (χ1) is 0. The van der Waals surface area contributed by atoms with Gasteiger partial charge < -0.3 is 23.4 Å². The monoisotopic (exact) mass is 155 g/mol. The van der Waals surface area contributed by atoms with E-state index in [9.17, 15) is 0 Å². The molecule has 24 valence electrons. The normalized spacial score (nSPS) is 0. The Morgan fingerprint density at radius 2 is 0.800 bits per heavy atom. The first kappa shape index (κ1) is 57.6. The smallest absolute Gasteiger partial charge is 2.00 e. The van der Waals surface area contributed by atoms with Crippen molar-refractivity contribution in [2.24, 2.45) is 0 Å². The minimum atomic E-state index is 0. The predicted molar refractivity (Wildman–Crippen MR) is 7.13 cm³/mol. The van der Waals surface area contributed by atoms with Crippen molar-refractivity contribution < 1.29 is 45.1 Å². The van der Waals surface area contributed by atoms with Crippen molar-refractivity contribution in [3.63, 3.8) is 0 Å². The van der Waals surface area contributed by atoms with E-state index in [-0.39, 0.29) is 82.8 Å². The molecule has 0 aliphatic carbocycles. The molecule has 0 radical (unpaired) electrons. The van der Waals surface area contributed by atoms with E-state index in [1.807, 2.05) is 0 Å². The summed E-state index contributed by atoms with van der Waals surface area (Å²) in [5, 5.41) is 0. The molecule has 0 saturated heterocycles. The van der Waals surface area contributed by atoms with Gasteiger partial charge in [-0.25, -0.2) is 0 Å². The summed E-state index contributed by atoms with van der Waals surface area (Å²) in [6, 6.07) is 0. The zero-order chi connectivity index (χ0) is 0. The second-order valence-electron chi connectivity index (χ2n) is 0. The van der Waals surface area contributed by atoms with Crippen LogP contribution in [0.1, 0.15) is 0 Å². The molecule has 0 amide bonds. The largest absolute Gasteiger partial charge is 4.00 e. The van der Waals surface area contributed by atoms with Gasteiger partial charge in [0.1, 0.15) is 0 Å². The molecule has 0 aromatic rings. The molecular weight excluding hydrogens is 155 g/mol. The maximum atomic E-state index is 0. The molecule has 0 fully saturated rings. The molecule has 0 aliphatic rings. The van der Waals surface area contributed by atoms with Gasteiger partial charge in [-0.05, 0) is 0 Å². The van der Waals surface area contributed by atoms with Crippen LogP contribution in [0, 0.1) is 0 Å². The van der Waals surface area contributed by atoms with Gasteiger partial charge in [-0.1, -0.05) is 0 Å². The summed E-state index contributed by atoms with van der Waals surface area (Å²) in [6.07, 6.45) is 0. The fourth-order valence-electron chi connectivity index (χ4n) is 0. The molecule has 0 spiro atoms. The van der Waals surface area contributed by atoms with Gasteiger partial charge in [0, 0.05) is 0 Å². The molecule has 5 heavy (non-hydrogen) atoms. The van der Waals surface area contributed by atoms with E-state index in [0.717, 1.165) is 0 Å². The van der Waals surface area contributed by atoms with E-state index in [2.05, 4.69) is 0 Å². The third-order valence-electron chi connectivity index (χ3n) is 0. The third-order valence-corrected chi connectivity index (χ3v) is 0. The van der Waals surface area contributed by atoms with Crippen LogP contribution in [0.25, 0.3) is 0 Å².